The van der Waals surface area contributed by atoms with Gasteiger partial charge in [0, 0.05) is 18.3 Å². The van der Waals surface area contributed by atoms with Gasteiger partial charge in [0.2, 0.25) is 0 Å². The van der Waals surface area contributed by atoms with Crippen LogP contribution >= 0.6 is 0 Å². The first-order valence-corrected chi connectivity index (χ1v) is 9.15. The summed E-state index contributed by atoms with van der Waals surface area (Å²) in [6.07, 6.45) is 1.18. The van der Waals surface area contributed by atoms with Crippen LogP contribution in [0.2, 0.25) is 0 Å². The summed E-state index contributed by atoms with van der Waals surface area (Å²) in [5.74, 6) is 0.625. The number of halogens is 1. The summed E-state index contributed by atoms with van der Waals surface area (Å²) < 4.78 is 17.5. The number of nitrogens with one attached hydrogen (secondary N) is 2. The van der Waals surface area contributed by atoms with E-state index >= 15 is 0 Å². The van der Waals surface area contributed by atoms with Crippen LogP contribution in [-0.2, 0) is 11.3 Å². The number of rotatable bonds is 7. The van der Waals surface area contributed by atoms with Crippen molar-refractivity contribution in [3.05, 3.63) is 71.8 Å². The van der Waals surface area contributed by atoms with Crippen LogP contribution in [0.4, 0.5) is 15.0 Å². The van der Waals surface area contributed by atoms with Gasteiger partial charge in [0.25, 0.3) is 0 Å². The SMILES string of the molecule is COC(=O)NCc1ccc(-c2ccc(NCC(C)c3ccc(F)cc3)nn2)cn1. The summed E-state index contributed by atoms with van der Waals surface area (Å²) in [5, 5.41) is 14.3. The molecule has 0 saturated carbocycles. The maximum absolute atomic E-state index is 13.0. The molecule has 1 unspecified atom stereocenters. The van der Waals surface area contributed by atoms with Crippen LogP contribution < -0.4 is 10.6 Å². The normalized spacial score (nSPS) is 11.6. The van der Waals surface area contributed by atoms with Gasteiger partial charge < -0.3 is 15.4 Å². The van der Waals surface area contributed by atoms with Gasteiger partial charge in [-0.25, -0.2) is 9.18 Å². The molecule has 2 heterocycles. The average Bonchev–Trinajstić information content (AvgIpc) is 2.77. The minimum absolute atomic E-state index is 0.201. The molecule has 2 aromatic heterocycles. The maximum atomic E-state index is 13.0. The molecule has 29 heavy (non-hydrogen) atoms. The lowest BCUT2D eigenvalue weighted by Gasteiger charge is -2.13. The lowest BCUT2D eigenvalue weighted by molar-refractivity contribution is 0.170. The van der Waals surface area contributed by atoms with Crippen molar-refractivity contribution in [1.29, 1.82) is 0 Å². The van der Waals surface area contributed by atoms with Crippen LogP contribution in [0.3, 0.4) is 0 Å². The van der Waals surface area contributed by atoms with Crippen LogP contribution in [0, 0.1) is 5.82 Å². The van der Waals surface area contributed by atoms with E-state index in [1.165, 1.54) is 19.2 Å². The monoisotopic (exact) mass is 395 g/mol. The number of nitrogens with zero attached hydrogens (tertiary/aromatic N) is 3. The topological polar surface area (TPSA) is 89.0 Å². The van der Waals surface area contributed by atoms with Gasteiger partial charge in [-0.05, 0) is 47.9 Å². The Morgan fingerprint density at radius 1 is 1.10 bits per heavy atom. The third-order valence-corrected chi connectivity index (χ3v) is 4.41. The molecule has 1 amide bonds. The average molecular weight is 395 g/mol. The Kier molecular flexibility index (Phi) is 6.67. The van der Waals surface area contributed by atoms with Gasteiger partial charge in [-0.3, -0.25) is 4.98 Å². The zero-order valence-corrected chi connectivity index (χ0v) is 16.2. The number of benzene rings is 1. The summed E-state index contributed by atoms with van der Waals surface area (Å²) in [6, 6.07) is 13.9. The molecule has 1 aromatic carbocycles. The molecule has 3 aromatic rings. The number of carbonyl (C=O) groups is 1. The van der Waals surface area contributed by atoms with Crippen molar-refractivity contribution < 1.29 is 13.9 Å². The first-order valence-electron chi connectivity index (χ1n) is 9.15. The molecular formula is C21H22FN5O2. The van der Waals surface area contributed by atoms with Crippen LogP contribution in [0.1, 0.15) is 24.1 Å². The minimum Gasteiger partial charge on any atom is -0.453 e. The number of alkyl carbamates (subject to hydrolysis) is 1. The Morgan fingerprint density at radius 2 is 1.90 bits per heavy atom. The summed E-state index contributed by atoms with van der Waals surface area (Å²) in [5.41, 5.74) is 3.28. The fourth-order valence-corrected chi connectivity index (χ4v) is 2.66. The van der Waals surface area contributed by atoms with E-state index in [0.717, 1.165) is 11.1 Å². The lowest BCUT2D eigenvalue weighted by Crippen LogP contribution is -2.22. The van der Waals surface area contributed by atoms with E-state index < -0.39 is 6.09 Å². The van der Waals surface area contributed by atoms with E-state index in [4.69, 9.17) is 0 Å². The molecule has 1 atom stereocenters. The highest BCUT2D eigenvalue weighted by molar-refractivity contribution is 5.66. The predicted molar refractivity (Wildman–Crippen MR) is 108 cm³/mol. The number of aromatic nitrogens is 3. The van der Waals surface area contributed by atoms with Gasteiger partial charge >= 0.3 is 6.09 Å². The van der Waals surface area contributed by atoms with E-state index in [1.807, 2.05) is 24.3 Å². The molecule has 7 nitrogen and oxygen atoms in total. The Morgan fingerprint density at radius 3 is 2.52 bits per heavy atom. The Hall–Kier alpha value is -3.55. The van der Waals surface area contributed by atoms with E-state index in [1.54, 1.807) is 18.3 Å². The predicted octanol–water partition coefficient (Wildman–Crippen LogP) is 3.75. The molecule has 2 N–H and O–H groups in total. The number of pyridine rings is 1. The lowest BCUT2D eigenvalue weighted by atomic mass is 10.0. The molecule has 150 valence electrons. The fraction of sp³-hybridized carbons (Fsp3) is 0.238. The molecule has 0 fully saturated rings. The van der Waals surface area contributed by atoms with Gasteiger partial charge in [-0.1, -0.05) is 19.1 Å². The summed E-state index contributed by atoms with van der Waals surface area (Å²) in [4.78, 5) is 15.4. The van der Waals surface area contributed by atoms with E-state index in [0.29, 0.717) is 23.8 Å². The first-order chi connectivity index (χ1) is 14.0. The van der Waals surface area contributed by atoms with Gasteiger partial charge in [0.1, 0.15) is 11.6 Å². The molecule has 0 radical (unpaired) electrons. The number of amides is 1. The maximum Gasteiger partial charge on any atom is 0.407 e. The summed E-state index contributed by atoms with van der Waals surface area (Å²) >= 11 is 0. The van der Waals surface area contributed by atoms with Gasteiger partial charge in [-0.15, -0.1) is 10.2 Å². The van der Waals surface area contributed by atoms with Crippen LogP contribution in [0.15, 0.2) is 54.7 Å². The fourth-order valence-electron chi connectivity index (χ4n) is 2.66. The zero-order valence-electron chi connectivity index (χ0n) is 16.2. The molecule has 0 aliphatic carbocycles. The molecule has 0 saturated heterocycles. The molecule has 0 aliphatic rings. The van der Waals surface area contributed by atoms with E-state index in [-0.39, 0.29) is 18.3 Å². The number of methoxy groups -OCH3 is 1. The van der Waals surface area contributed by atoms with Crippen LogP contribution in [-0.4, -0.2) is 34.9 Å². The van der Waals surface area contributed by atoms with Crippen molar-refractivity contribution in [1.82, 2.24) is 20.5 Å². The molecular weight excluding hydrogens is 373 g/mol. The number of hydrogen-bond donors (Lipinski definition) is 2. The van der Waals surface area contributed by atoms with Gasteiger partial charge in [0.05, 0.1) is 25.0 Å². The van der Waals surface area contributed by atoms with Crippen molar-refractivity contribution in [3.63, 3.8) is 0 Å². The third kappa shape index (κ3) is 5.71. The first kappa shape index (κ1) is 20.2. The number of ether oxygens (including phenoxy) is 1. The highest BCUT2D eigenvalue weighted by Gasteiger charge is 2.07. The standard InChI is InChI=1S/C21H22FN5O2/c1-14(15-3-6-17(22)7-4-15)11-24-20-10-9-19(26-27-20)16-5-8-18(23-12-16)13-25-21(28)29-2/h3-10,12,14H,11,13H2,1-2H3,(H,24,27)(H,25,28). The smallest absolute Gasteiger partial charge is 0.407 e. The molecule has 8 heteroatoms. The molecule has 3 rings (SSSR count). The van der Waals surface area contributed by atoms with Crippen LogP contribution in [0.5, 0.6) is 0 Å². The van der Waals surface area contributed by atoms with Crippen molar-refractivity contribution in [2.24, 2.45) is 0 Å². The minimum atomic E-state index is -0.501. The van der Waals surface area contributed by atoms with Crippen molar-refractivity contribution in [2.75, 3.05) is 19.0 Å². The molecule has 0 spiro atoms. The summed E-state index contributed by atoms with van der Waals surface area (Å²) in [6.45, 7) is 3.00. The largest absolute Gasteiger partial charge is 0.453 e. The number of anilines is 1. The highest BCUT2D eigenvalue weighted by Crippen LogP contribution is 2.18. The quantitative estimate of drug-likeness (QED) is 0.633. The van der Waals surface area contributed by atoms with Crippen molar-refractivity contribution in [2.45, 2.75) is 19.4 Å². The van der Waals surface area contributed by atoms with Crippen molar-refractivity contribution >= 4 is 11.9 Å². The van der Waals surface area contributed by atoms with E-state index in [2.05, 4.69) is 37.5 Å². The second-order valence-electron chi connectivity index (χ2n) is 6.52. The Balaban J connectivity index is 1.55. The van der Waals surface area contributed by atoms with Gasteiger partial charge in [-0.2, -0.15) is 0 Å². The number of carbonyl (C=O) groups excluding carboxylic acids is 1. The highest BCUT2D eigenvalue weighted by atomic mass is 19.1. The third-order valence-electron chi connectivity index (χ3n) is 4.41. The Bertz CT molecular complexity index is 931. The van der Waals surface area contributed by atoms with Gasteiger partial charge in [0.15, 0.2) is 0 Å². The second-order valence-corrected chi connectivity index (χ2v) is 6.52. The molecule has 0 aliphatic heterocycles. The number of hydrogen-bond acceptors (Lipinski definition) is 6. The second kappa shape index (κ2) is 9.59. The van der Waals surface area contributed by atoms with E-state index in [9.17, 15) is 9.18 Å². The zero-order chi connectivity index (χ0) is 20.6. The van der Waals surface area contributed by atoms with Crippen molar-refractivity contribution in [3.8, 4) is 11.3 Å². The van der Waals surface area contributed by atoms with Crippen LogP contribution in [0.25, 0.3) is 11.3 Å². The molecule has 0 bridgehead atoms. The Labute approximate surface area is 168 Å². The summed E-state index contributed by atoms with van der Waals surface area (Å²) in [7, 11) is 1.31.